The lowest BCUT2D eigenvalue weighted by Gasteiger charge is -2.46. The van der Waals surface area contributed by atoms with Crippen molar-refractivity contribution >= 4 is 7.37 Å². The van der Waals surface area contributed by atoms with Crippen molar-refractivity contribution < 1.29 is 33.1 Å². The van der Waals surface area contributed by atoms with Crippen LogP contribution in [0.25, 0.3) is 0 Å². The van der Waals surface area contributed by atoms with Crippen molar-refractivity contribution in [3.63, 3.8) is 0 Å². The number of hydrogen-bond donors (Lipinski definition) is 1. The van der Waals surface area contributed by atoms with Crippen molar-refractivity contribution in [2.75, 3.05) is 12.8 Å². The minimum Gasteiger partial charge on any atom is -0.377 e. The minimum atomic E-state index is -3.36. The van der Waals surface area contributed by atoms with Gasteiger partial charge in [0.1, 0.15) is 24.4 Å². The molecule has 0 unspecified atom stereocenters. The molecule has 3 saturated heterocycles. The summed E-state index contributed by atoms with van der Waals surface area (Å²) in [5.41, 5.74) is 0. The molecule has 134 valence electrons. The molecule has 1 N–H and O–H groups in total. The third-order valence-corrected chi connectivity index (χ3v) is 7.84. The smallest absolute Gasteiger partial charge is 0.236 e. The molecule has 0 bridgehead atoms. The molecular weight excluding hydrogens is 323 g/mol. The summed E-state index contributed by atoms with van der Waals surface area (Å²) in [6.07, 6.45) is -2.15. The average Bonchev–Trinajstić information content (AvgIpc) is 2.94. The van der Waals surface area contributed by atoms with Crippen LogP contribution >= 0.6 is 7.37 Å². The van der Waals surface area contributed by atoms with E-state index in [1.54, 1.807) is 20.8 Å². The molecule has 0 spiro atoms. The van der Waals surface area contributed by atoms with Gasteiger partial charge >= 0.3 is 0 Å². The van der Waals surface area contributed by atoms with Gasteiger partial charge in [0.25, 0.3) is 0 Å². The highest BCUT2D eigenvalue weighted by molar-refractivity contribution is 7.60. The fourth-order valence-corrected chi connectivity index (χ4v) is 5.80. The first-order valence-electron chi connectivity index (χ1n) is 8.08. The fourth-order valence-electron chi connectivity index (χ4n) is 3.56. The van der Waals surface area contributed by atoms with Crippen molar-refractivity contribution in [2.24, 2.45) is 0 Å². The summed E-state index contributed by atoms with van der Waals surface area (Å²) in [6.45, 7) is 10.7. The van der Waals surface area contributed by atoms with Gasteiger partial charge in [-0.3, -0.25) is 4.57 Å². The van der Waals surface area contributed by atoms with E-state index >= 15 is 0 Å². The SMILES string of the molecule is CC[P@]1(=O)O[C@H]([C@H]2COC(C)(C)O2)[C@@H]2OC(C)(C)O[C@@H]2[C@]1(C)O. The first-order valence-corrected chi connectivity index (χ1v) is 9.89. The van der Waals surface area contributed by atoms with Crippen LogP contribution in [-0.4, -0.2) is 59.2 Å². The normalized spacial score (nSPS) is 51.6. The first kappa shape index (κ1) is 17.8. The number of fused-ring (bicyclic) bond motifs is 1. The Morgan fingerprint density at radius 1 is 1.04 bits per heavy atom. The van der Waals surface area contributed by atoms with E-state index < -0.39 is 48.7 Å². The van der Waals surface area contributed by atoms with E-state index in [0.717, 1.165) is 0 Å². The Bertz CT molecular complexity index is 530. The van der Waals surface area contributed by atoms with Gasteiger partial charge in [-0.25, -0.2) is 0 Å². The highest BCUT2D eigenvalue weighted by Crippen LogP contribution is 2.66. The molecule has 0 aromatic carbocycles. The average molecular weight is 350 g/mol. The number of aliphatic hydroxyl groups is 1. The standard InChI is InChI=1S/C15H27O7P/c1-7-23(17)15(6,16)12-11(20-14(4,5)21-12)10(22-23)9-8-18-13(2,3)19-9/h9-12,16H,7-8H2,1-6H3/t9-,10-,11+,12+,15-,23+/m1/s1. The van der Waals surface area contributed by atoms with Gasteiger partial charge in [0, 0.05) is 6.16 Å². The zero-order valence-corrected chi connectivity index (χ0v) is 15.5. The molecule has 0 saturated carbocycles. The second-order valence-corrected chi connectivity index (χ2v) is 10.6. The molecule has 23 heavy (non-hydrogen) atoms. The van der Waals surface area contributed by atoms with Crippen LogP contribution in [0.5, 0.6) is 0 Å². The maximum atomic E-state index is 13.2. The Kier molecular flexibility index (Phi) is 4.06. The van der Waals surface area contributed by atoms with Crippen molar-refractivity contribution in [3.8, 4) is 0 Å². The number of ether oxygens (including phenoxy) is 4. The van der Waals surface area contributed by atoms with Crippen LogP contribution in [0.15, 0.2) is 0 Å². The van der Waals surface area contributed by atoms with E-state index in [2.05, 4.69) is 0 Å². The molecule has 0 aliphatic carbocycles. The van der Waals surface area contributed by atoms with E-state index in [-0.39, 0.29) is 6.16 Å². The molecule has 0 radical (unpaired) electrons. The molecule has 0 aromatic rings. The lowest BCUT2D eigenvalue weighted by molar-refractivity contribution is -0.174. The van der Waals surface area contributed by atoms with Gasteiger partial charge in [-0.05, 0) is 34.6 Å². The van der Waals surface area contributed by atoms with Crippen LogP contribution in [0, 0.1) is 0 Å². The molecule has 6 atom stereocenters. The highest BCUT2D eigenvalue weighted by atomic mass is 31.2. The Balaban J connectivity index is 1.96. The predicted octanol–water partition coefficient (Wildman–Crippen LogP) is 2.06. The summed E-state index contributed by atoms with van der Waals surface area (Å²) < 4.78 is 42.5. The second kappa shape index (κ2) is 5.24. The fraction of sp³-hybridized carbons (Fsp3) is 1.00. The van der Waals surface area contributed by atoms with Gasteiger partial charge < -0.3 is 28.6 Å². The summed E-state index contributed by atoms with van der Waals surface area (Å²) in [4.78, 5) is 0. The third kappa shape index (κ3) is 2.80. The maximum absolute atomic E-state index is 13.2. The Morgan fingerprint density at radius 3 is 2.22 bits per heavy atom. The molecule has 3 rings (SSSR count). The summed E-state index contributed by atoms with van der Waals surface area (Å²) >= 11 is 0. The lowest BCUT2D eigenvalue weighted by atomic mass is 9.99. The zero-order chi connectivity index (χ0) is 17.3. The number of hydrogen-bond acceptors (Lipinski definition) is 7. The van der Waals surface area contributed by atoms with Crippen molar-refractivity contribution in [1.29, 1.82) is 0 Å². The third-order valence-electron chi connectivity index (χ3n) is 4.79. The Hall–Kier alpha value is -0.0100. The molecule has 3 aliphatic heterocycles. The van der Waals surface area contributed by atoms with Crippen molar-refractivity contribution in [2.45, 2.75) is 82.9 Å². The number of rotatable bonds is 2. The molecule has 3 aliphatic rings. The molecular formula is C15H27O7P. The quantitative estimate of drug-likeness (QED) is 0.763. The van der Waals surface area contributed by atoms with Gasteiger partial charge in [0.15, 0.2) is 16.9 Å². The van der Waals surface area contributed by atoms with Crippen LogP contribution < -0.4 is 0 Å². The molecule has 0 amide bonds. The van der Waals surface area contributed by atoms with Gasteiger partial charge in [-0.15, -0.1) is 0 Å². The van der Waals surface area contributed by atoms with Gasteiger partial charge in [-0.2, -0.15) is 0 Å². The second-order valence-electron chi connectivity index (χ2n) is 7.54. The minimum absolute atomic E-state index is 0.209. The summed E-state index contributed by atoms with van der Waals surface area (Å²) in [5.74, 6) is -1.62. The highest BCUT2D eigenvalue weighted by Gasteiger charge is 2.66. The van der Waals surface area contributed by atoms with E-state index in [9.17, 15) is 9.67 Å². The van der Waals surface area contributed by atoms with E-state index in [4.69, 9.17) is 23.5 Å². The Morgan fingerprint density at radius 2 is 1.70 bits per heavy atom. The molecule has 3 fully saturated rings. The zero-order valence-electron chi connectivity index (χ0n) is 14.6. The molecule has 3 heterocycles. The van der Waals surface area contributed by atoms with Crippen LogP contribution in [0.2, 0.25) is 0 Å². The summed E-state index contributed by atoms with van der Waals surface area (Å²) in [6, 6.07) is 0. The van der Waals surface area contributed by atoms with Crippen LogP contribution in [-0.2, 0) is 28.0 Å². The maximum Gasteiger partial charge on any atom is 0.236 e. The monoisotopic (exact) mass is 350 g/mol. The van der Waals surface area contributed by atoms with E-state index in [1.165, 1.54) is 6.92 Å². The summed E-state index contributed by atoms with van der Waals surface area (Å²) in [7, 11) is -3.36. The predicted molar refractivity (Wildman–Crippen MR) is 82.4 cm³/mol. The van der Waals surface area contributed by atoms with Crippen LogP contribution in [0.4, 0.5) is 0 Å². The van der Waals surface area contributed by atoms with Crippen LogP contribution in [0.3, 0.4) is 0 Å². The van der Waals surface area contributed by atoms with Gasteiger partial charge in [0.05, 0.1) is 6.61 Å². The van der Waals surface area contributed by atoms with Gasteiger partial charge in [-0.1, -0.05) is 6.92 Å². The van der Waals surface area contributed by atoms with Crippen molar-refractivity contribution in [3.05, 3.63) is 0 Å². The molecule has 8 heteroatoms. The lowest BCUT2D eigenvalue weighted by Crippen LogP contribution is -2.58. The van der Waals surface area contributed by atoms with E-state index in [1.807, 2.05) is 13.8 Å². The Labute approximate surface area is 137 Å². The largest absolute Gasteiger partial charge is 0.377 e. The molecule has 7 nitrogen and oxygen atoms in total. The van der Waals surface area contributed by atoms with Crippen molar-refractivity contribution in [1.82, 2.24) is 0 Å². The molecule has 0 aromatic heterocycles. The van der Waals surface area contributed by atoms with Crippen LogP contribution in [0.1, 0.15) is 41.5 Å². The van der Waals surface area contributed by atoms with E-state index in [0.29, 0.717) is 6.61 Å². The first-order chi connectivity index (χ1) is 10.4. The summed E-state index contributed by atoms with van der Waals surface area (Å²) in [5, 5.41) is 9.29. The van der Waals surface area contributed by atoms with Gasteiger partial charge in [0.2, 0.25) is 7.37 Å². The topological polar surface area (TPSA) is 83.5 Å².